The van der Waals surface area contributed by atoms with Crippen LogP contribution in [0.3, 0.4) is 0 Å². The summed E-state index contributed by atoms with van der Waals surface area (Å²) >= 11 is 0. The van der Waals surface area contributed by atoms with Crippen molar-refractivity contribution in [3.8, 4) is 0 Å². The summed E-state index contributed by atoms with van der Waals surface area (Å²) in [6, 6.07) is 12.0. The molecule has 0 aromatic heterocycles. The summed E-state index contributed by atoms with van der Waals surface area (Å²) in [4.78, 5) is 12.2. The number of hydrogen-bond donors (Lipinski definition) is 1. The number of hydrogen-bond acceptors (Lipinski definition) is 2. The molecule has 1 amide bonds. The van der Waals surface area contributed by atoms with Gasteiger partial charge in [0.25, 0.3) is 5.91 Å². The molecule has 0 radical (unpaired) electrons. The summed E-state index contributed by atoms with van der Waals surface area (Å²) in [5, 5.41) is 2.74. The molecule has 2 aromatic carbocycles. The molecule has 4 heteroatoms. The minimum absolute atomic E-state index is 0.0373. The molecule has 3 rings (SSSR count). The van der Waals surface area contributed by atoms with Gasteiger partial charge in [0.1, 0.15) is 5.82 Å². The van der Waals surface area contributed by atoms with Crippen molar-refractivity contribution in [1.29, 1.82) is 0 Å². The van der Waals surface area contributed by atoms with Gasteiger partial charge in [0, 0.05) is 5.69 Å². The van der Waals surface area contributed by atoms with E-state index in [9.17, 15) is 9.18 Å². The normalized spacial score (nSPS) is 13.5. The van der Waals surface area contributed by atoms with Crippen LogP contribution >= 0.6 is 0 Å². The largest absolute Gasteiger partial charge is 0.373 e. The Morgan fingerprint density at radius 3 is 2.64 bits per heavy atom. The van der Waals surface area contributed by atoms with E-state index in [1.54, 1.807) is 12.1 Å². The first-order valence-electron chi connectivity index (χ1n) is 7.07. The average molecular weight is 297 g/mol. The number of benzene rings is 2. The lowest BCUT2D eigenvalue weighted by Crippen LogP contribution is -2.16. The Labute approximate surface area is 128 Å². The summed E-state index contributed by atoms with van der Waals surface area (Å²) in [5.41, 5.74) is 3.52. The second kappa shape index (κ2) is 6.12. The van der Waals surface area contributed by atoms with Crippen molar-refractivity contribution in [1.82, 2.24) is 0 Å². The molecule has 1 fully saturated rings. The van der Waals surface area contributed by atoms with Gasteiger partial charge in [-0.1, -0.05) is 30.3 Å². The first kappa shape index (κ1) is 14.5. The first-order chi connectivity index (χ1) is 10.6. The number of amides is 1. The highest BCUT2D eigenvalue weighted by Gasteiger charge is 2.14. The first-order valence-corrected chi connectivity index (χ1v) is 7.07. The van der Waals surface area contributed by atoms with E-state index in [2.05, 4.69) is 5.32 Å². The number of anilines is 1. The van der Waals surface area contributed by atoms with Crippen LogP contribution in [0.15, 0.2) is 48.0 Å². The van der Waals surface area contributed by atoms with Crippen LogP contribution in [0.4, 0.5) is 10.1 Å². The van der Waals surface area contributed by atoms with Gasteiger partial charge >= 0.3 is 0 Å². The average Bonchev–Trinajstić information content (AvgIpc) is 2.45. The quantitative estimate of drug-likeness (QED) is 0.935. The van der Waals surface area contributed by atoms with Gasteiger partial charge in [-0.2, -0.15) is 0 Å². The third-order valence-corrected chi connectivity index (χ3v) is 3.58. The highest BCUT2D eigenvalue weighted by atomic mass is 19.1. The fourth-order valence-electron chi connectivity index (χ4n) is 2.25. The fourth-order valence-corrected chi connectivity index (χ4v) is 2.25. The van der Waals surface area contributed by atoms with Crippen LogP contribution in [0.25, 0.3) is 6.08 Å². The zero-order valence-electron chi connectivity index (χ0n) is 12.2. The van der Waals surface area contributed by atoms with Gasteiger partial charge in [-0.15, -0.1) is 0 Å². The fraction of sp³-hybridized carbons (Fsp3) is 0.167. The maximum Gasteiger partial charge on any atom is 0.258 e. The van der Waals surface area contributed by atoms with Gasteiger partial charge in [-0.05, 0) is 41.8 Å². The number of halogens is 1. The molecule has 0 aliphatic carbocycles. The summed E-state index contributed by atoms with van der Waals surface area (Å²) in [7, 11) is 0. The molecule has 1 saturated heterocycles. The maximum atomic E-state index is 14.2. The number of carbonyl (C=O) groups excluding carboxylic acids is 1. The molecule has 112 valence electrons. The number of aryl methyl sites for hydroxylation is 1. The molecule has 1 aliphatic rings. The van der Waals surface area contributed by atoms with Gasteiger partial charge in [0.2, 0.25) is 0 Å². The van der Waals surface area contributed by atoms with Crippen LogP contribution in [0.2, 0.25) is 0 Å². The highest BCUT2D eigenvalue weighted by Crippen LogP contribution is 2.19. The molecule has 0 atom stereocenters. The van der Waals surface area contributed by atoms with Crippen LogP contribution in [-0.4, -0.2) is 19.1 Å². The third-order valence-electron chi connectivity index (χ3n) is 3.58. The minimum atomic E-state index is -0.527. The zero-order valence-corrected chi connectivity index (χ0v) is 12.2. The molecular formula is C18H16FNO2. The van der Waals surface area contributed by atoms with Crippen molar-refractivity contribution in [3.63, 3.8) is 0 Å². The zero-order chi connectivity index (χ0) is 15.5. The predicted molar refractivity (Wildman–Crippen MR) is 84.3 cm³/mol. The van der Waals surface area contributed by atoms with Crippen LogP contribution in [0.1, 0.15) is 21.5 Å². The van der Waals surface area contributed by atoms with Gasteiger partial charge in [-0.3, -0.25) is 4.79 Å². The molecule has 0 spiro atoms. The smallest absolute Gasteiger partial charge is 0.258 e. The van der Waals surface area contributed by atoms with E-state index in [0.717, 1.165) is 16.7 Å². The molecule has 3 nitrogen and oxygen atoms in total. The number of ether oxygens (including phenoxy) is 1. The van der Waals surface area contributed by atoms with E-state index in [0.29, 0.717) is 18.9 Å². The lowest BCUT2D eigenvalue weighted by molar-refractivity contribution is 0.102. The molecule has 2 aromatic rings. The van der Waals surface area contributed by atoms with Crippen molar-refractivity contribution in [3.05, 3.63) is 70.5 Å². The van der Waals surface area contributed by atoms with Gasteiger partial charge in [0.05, 0.1) is 18.8 Å². The van der Waals surface area contributed by atoms with Crippen LogP contribution in [0, 0.1) is 12.7 Å². The van der Waals surface area contributed by atoms with Crippen LogP contribution < -0.4 is 5.32 Å². The number of nitrogens with one attached hydrogen (secondary N) is 1. The van der Waals surface area contributed by atoms with Crippen molar-refractivity contribution in [2.24, 2.45) is 0 Å². The second-order valence-corrected chi connectivity index (χ2v) is 5.30. The standard InChI is InChI=1S/C18H16FNO2/c1-12-4-2-3-5-17(12)20-18(21)15-7-6-13(9-16(15)19)8-14-10-22-11-14/h2-9H,10-11H2,1H3,(H,20,21). The molecule has 1 heterocycles. The molecule has 0 saturated carbocycles. The van der Waals surface area contributed by atoms with Crippen molar-refractivity contribution in [2.75, 3.05) is 18.5 Å². The van der Waals surface area contributed by atoms with E-state index < -0.39 is 11.7 Å². The highest BCUT2D eigenvalue weighted by molar-refractivity contribution is 6.04. The van der Waals surface area contributed by atoms with Crippen molar-refractivity contribution < 1.29 is 13.9 Å². The lowest BCUT2D eigenvalue weighted by atomic mass is 10.1. The summed E-state index contributed by atoms with van der Waals surface area (Å²) in [6.45, 7) is 3.08. The lowest BCUT2D eigenvalue weighted by Gasteiger charge is -2.17. The van der Waals surface area contributed by atoms with Gasteiger partial charge in [0.15, 0.2) is 0 Å². The maximum absolute atomic E-state index is 14.2. The van der Waals surface area contributed by atoms with E-state index in [-0.39, 0.29) is 5.56 Å². The Bertz CT molecular complexity index is 747. The van der Waals surface area contributed by atoms with Crippen LogP contribution in [0.5, 0.6) is 0 Å². The predicted octanol–water partition coefficient (Wildman–Crippen LogP) is 3.80. The minimum Gasteiger partial charge on any atom is -0.373 e. The molecule has 1 aliphatic heterocycles. The number of rotatable bonds is 3. The summed E-state index contributed by atoms with van der Waals surface area (Å²) in [5.74, 6) is -0.973. The van der Waals surface area contributed by atoms with Crippen molar-refractivity contribution in [2.45, 2.75) is 6.92 Å². The van der Waals surface area contributed by atoms with Crippen LogP contribution in [-0.2, 0) is 4.74 Å². The molecule has 0 unspecified atom stereocenters. The van der Waals surface area contributed by atoms with E-state index in [1.165, 1.54) is 12.1 Å². The summed E-state index contributed by atoms with van der Waals surface area (Å²) in [6.07, 6.45) is 1.88. The van der Waals surface area contributed by atoms with Crippen molar-refractivity contribution >= 4 is 17.7 Å². The molecule has 1 N–H and O–H groups in total. The Hall–Kier alpha value is -2.46. The Morgan fingerprint density at radius 2 is 2.00 bits per heavy atom. The Morgan fingerprint density at radius 1 is 1.23 bits per heavy atom. The topological polar surface area (TPSA) is 38.3 Å². The number of para-hydroxylation sites is 1. The Balaban J connectivity index is 1.79. The van der Waals surface area contributed by atoms with Gasteiger partial charge in [-0.25, -0.2) is 4.39 Å². The van der Waals surface area contributed by atoms with E-state index in [4.69, 9.17) is 4.74 Å². The summed E-state index contributed by atoms with van der Waals surface area (Å²) < 4.78 is 19.2. The third kappa shape index (κ3) is 3.07. The SMILES string of the molecule is Cc1ccccc1NC(=O)c1ccc(C=C2COC2)cc1F. The number of carbonyl (C=O) groups is 1. The molecular weight excluding hydrogens is 281 g/mol. The second-order valence-electron chi connectivity index (χ2n) is 5.30. The van der Waals surface area contributed by atoms with E-state index in [1.807, 2.05) is 31.2 Å². The van der Waals surface area contributed by atoms with Gasteiger partial charge < -0.3 is 10.1 Å². The Kier molecular flexibility index (Phi) is 4.02. The van der Waals surface area contributed by atoms with E-state index >= 15 is 0 Å². The monoisotopic (exact) mass is 297 g/mol. The molecule has 0 bridgehead atoms. The molecule has 22 heavy (non-hydrogen) atoms.